The maximum Gasteiger partial charge on any atom is 0.306 e. The van der Waals surface area contributed by atoms with Gasteiger partial charge in [-0.1, -0.05) is 263 Å². The second kappa shape index (κ2) is 52.3. The maximum atomic E-state index is 13.2. The molecule has 0 saturated carbocycles. The third-order valence-corrected chi connectivity index (χ3v) is 13.3. The second-order valence-corrected chi connectivity index (χ2v) is 19.7. The number of hydrogen-bond donors (Lipinski definition) is 3. The number of rotatable bonds is 52. The van der Waals surface area contributed by atoms with Crippen molar-refractivity contribution < 1.29 is 24.5 Å². The zero-order valence-electron chi connectivity index (χ0n) is 43.2. The molecule has 0 aliphatic rings. The van der Waals surface area contributed by atoms with E-state index in [1.165, 1.54) is 212 Å². The van der Waals surface area contributed by atoms with Gasteiger partial charge in [0.25, 0.3) is 0 Å². The van der Waals surface area contributed by atoms with Gasteiger partial charge in [0.05, 0.1) is 25.2 Å². The molecule has 0 spiro atoms. The van der Waals surface area contributed by atoms with Gasteiger partial charge >= 0.3 is 5.97 Å². The lowest BCUT2D eigenvalue weighted by Crippen LogP contribution is -2.46. The number of esters is 1. The third-order valence-electron chi connectivity index (χ3n) is 13.3. The van der Waals surface area contributed by atoms with Crippen LogP contribution >= 0.6 is 0 Å². The first-order valence-electron chi connectivity index (χ1n) is 28.6. The molecule has 0 bridgehead atoms. The zero-order chi connectivity index (χ0) is 46.7. The van der Waals surface area contributed by atoms with Crippen LogP contribution in [0.3, 0.4) is 0 Å². The van der Waals surface area contributed by atoms with Gasteiger partial charge in [-0.15, -0.1) is 0 Å². The van der Waals surface area contributed by atoms with Crippen molar-refractivity contribution in [2.24, 2.45) is 0 Å². The number of nitrogens with one attached hydrogen (secondary N) is 1. The van der Waals surface area contributed by atoms with Crippen LogP contribution in [0.2, 0.25) is 0 Å². The van der Waals surface area contributed by atoms with Crippen LogP contribution in [-0.4, -0.2) is 46.9 Å². The highest BCUT2D eigenvalue weighted by molar-refractivity contribution is 5.77. The quantitative estimate of drug-likeness (QED) is 0.0321. The summed E-state index contributed by atoms with van der Waals surface area (Å²) in [4.78, 5) is 26.2. The monoisotopic (exact) mass is 902 g/mol. The normalized spacial score (nSPS) is 13.3. The molecule has 0 radical (unpaired) electrons. The molecule has 0 aromatic carbocycles. The fourth-order valence-corrected chi connectivity index (χ4v) is 8.93. The largest absolute Gasteiger partial charge is 0.462 e. The van der Waals surface area contributed by atoms with E-state index < -0.39 is 18.2 Å². The standard InChI is InChI=1S/C58H111NO5/c1-4-7-10-13-16-19-21-23-25-27-28-30-32-34-36-39-42-45-48-51-58(63)64-54(49-46-43-40-37-18-15-12-9-6-3)52-57(62)59-55(53-60)56(61)50-47-44-41-38-35-33-31-29-26-24-22-20-17-14-11-8-5-2/h16,19,23,25,54-56,60-61H,4-15,17-18,20-22,24,26-53H2,1-3H3,(H,59,62)/b19-16-,25-23-. The van der Waals surface area contributed by atoms with E-state index in [0.717, 1.165) is 51.4 Å². The van der Waals surface area contributed by atoms with Crippen molar-refractivity contribution >= 4 is 11.9 Å². The summed E-state index contributed by atoms with van der Waals surface area (Å²) in [6.45, 7) is 6.48. The molecular weight excluding hydrogens is 791 g/mol. The molecule has 64 heavy (non-hydrogen) atoms. The van der Waals surface area contributed by atoms with Crippen molar-refractivity contribution in [2.75, 3.05) is 6.61 Å². The minimum atomic E-state index is -0.784. The van der Waals surface area contributed by atoms with Crippen LogP contribution in [-0.2, 0) is 14.3 Å². The lowest BCUT2D eigenvalue weighted by Gasteiger charge is -2.24. The molecule has 0 aromatic heterocycles. The van der Waals surface area contributed by atoms with E-state index in [9.17, 15) is 19.8 Å². The van der Waals surface area contributed by atoms with Crippen LogP contribution < -0.4 is 5.32 Å². The van der Waals surface area contributed by atoms with Gasteiger partial charge < -0.3 is 20.3 Å². The highest BCUT2D eigenvalue weighted by Gasteiger charge is 2.24. The number of allylic oxidation sites excluding steroid dienone is 4. The highest BCUT2D eigenvalue weighted by Crippen LogP contribution is 2.19. The number of aliphatic hydroxyl groups excluding tert-OH is 2. The summed E-state index contributed by atoms with van der Waals surface area (Å²) < 4.78 is 5.94. The van der Waals surface area contributed by atoms with Crippen molar-refractivity contribution in [3.63, 3.8) is 0 Å². The Kier molecular flexibility index (Phi) is 51.0. The van der Waals surface area contributed by atoms with Crippen molar-refractivity contribution in [1.82, 2.24) is 5.32 Å². The van der Waals surface area contributed by atoms with Gasteiger partial charge in [0.1, 0.15) is 6.10 Å². The van der Waals surface area contributed by atoms with Crippen molar-refractivity contribution in [1.29, 1.82) is 0 Å². The fraction of sp³-hybridized carbons (Fsp3) is 0.897. The van der Waals surface area contributed by atoms with Gasteiger partial charge in [-0.25, -0.2) is 0 Å². The van der Waals surface area contributed by atoms with Crippen molar-refractivity contribution in [2.45, 2.75) is 328 Å². The Morgan fingerprint density at radius 1 is 0.453 bits per heavy atom. The Hall–Kier alpha value is -1.66. The number of aliphatic hydroxyl groups is 2. The molecule has 0 aliphatic heterocycles. The van der Waals surface area contributed by atoms with Crippen LogP contribution in [0.25, 0.3) is 0 Å². The number of carbonyl (C=O) groups excluding carboxylic acids is 2. The van der Waals surface area contributed by atoms with E-state index in [2.05, 4.69) is 50.4 Å². The molecule has 0 aromatic rings. The molecule has 378 valence electrons. The number of carbonyl (C=O) groups is 2. The highest BCUT2D eigenvalue weighted by atomic mass is 16.5. The van der Waals surface area contributed by atoms with Crippen molar-refractivity contribution in [3.8, 4) is 0 Å². The summed E-state index contributed by atoms with van der Waals surface area (Å²) in [7, 11) is 0. The summed E-state index contributed by atoms with van der Waals surface area (Å²) in [5, 5.41) is 23.8. The maximum absolute atomic E-state index is 13.2. The van der Waals surface area contributed by atoms with E-state index in [0.29, 0.717) is 19.3 Å². The van der Waals surface area contributed by atoms with Gasteiger partial charge in [-0.05, 0) is 57.8 Å². The Labute approximate surface area is 399 Å². The number of ether oxygens (including phenoxy) is 1. The van der Waals surface area contributed by atoms with Crippen LogP contribution in [0.15, 0.2) is 24.3 Å². The average molecular weight is 903 g/mol. The van der Waals surface area contributed by atoms with E-state index in [-0.39, 0.29) is 24.9 Å². The molecule has 6 nitrogen and oxygen atoms in total. The van der Waals surface area contributed by atoms with Crippen LogP contribution in [0, 0.1) is 0 Å². The third kappa shape index (κ3) is 46.9. The van der Waals surface area contributed by atoms with Gasteiger partial charge in [-0.3, -0.25) is 9.59 Å². The Bertz CT molecular complexity index is 1010. The lowest BCUT2D eigenvalue weighted by atomic mass is 10.0. The molecule has 0 saturated heterocycles. The Morgan fingerprint density at radius 3 is 1.22 bits per heavy atom. The lowest BCUT2D eigenvalue weighted by molar-refractivity contribution is -0.151. The molecule has 0 aliphatic carbocycles. The molecule has 1 amide bonds. The first-order valence-corrected chi connectivity index (χ1v) is 28.6. The van der Waals surface area contributed by atoms with Crippen LogP contribution in [0.4, 0.5) is 0 Å². The summed E-state index contributed by atoms with van der Waals surface area (Å²) in [6, 6.07) is -0.697. The molecule has 3 unspecified atom stereocenters. The van der Waals surface area contributed by atoms with Gasteiger partial charge in [0.2, 0.25) is 5.91 Å². The molecule has 0 heterocycles. The summed E-state index contributed by atoms with van der Waals surface area (Å²) in [5.74, 6) is -0.463. The number of hydrogen-bond acceptors (Lipinski definition) is 5. The van der Waals surface area contributed by atoms with Crippen LogP contribution in [0.1, 0.15) is 310 Å². The summed E-state index contributed by atoms with van der Waals surface area (Å²) in [6.07, 6.45) is 61.1. The average Bonchev–Trinajstić information content (AvgIpc) is 3.29. The minimum absolute atomic E-state index is 0.0813. The van der Waals surface area contributed by atoms with E-state index >= 15 is 0 Å². The molecule has 3 atom stereocenters. The first-order chi connectivity index (χ1) is 31.5. The minimum Gasteiger partial charge on any atom is -0.462 e. The SMILES string of the molecule is CCCCC/C=C\C/C=C\CCCCCCCCCCCC(=O)OC(CCCCCCCCCCC)CC(=O)NC(CO)C(O)CCCCCCCCCCCCCCCCCCC. The molecule has 3 N–H and O–H groups in total. The topological polar surface area (TPSA) is 95.9 Å². The van der Waals surface area contributed by atoms with Gasteiger partial charge in [0.15, 0.2) is 0 Å². The van der Waals surface area contributed by atoms with Gasteiger partial charge in [-0.2, -0.15) is 0 Å². The van der Waals surface area contributed by atoms with E-state index in [4.69, 9.17) is 4.74 Å². The predicted molar refractivity (Wildman–Crippen MR) is 278 cm³/mol. The number of amides is 1. The molecule has 0 fully saturated rings. The summed E-state index contributed by atoms with van der Waals surface area (Å²) in [5.41, 5.74) is 0. The van der Waals surface area contributed by atoms with Crippen molar-refractivity contribution in [3.05, 3.63) is 24.3 Å². The molecule has 0 rings (SSSR count). The Balaban J connectivity index is 4.35. The zero-order valence-corrected chi connectivity index (χ0v) is 43.2. The van der Waals surface area contributed by atoms with E-state index in [1.54, 1.807) is 0 Å². The van der Waals surface area contributed by atoms with E-state index in [1.807, 2.05) is 0 Å². The fourth-order valence-electron chi connectivity index (χ4n) is 8.93. The second-order valence-electron chi connectivity index (χ2n) is 19.7. The molecular formula is C58H111NO5. The predicted octanol–water partition coefficient (Wildman–Crippen LogP) is 17.5. The number of unbranched alkanes of at least 4 members (excludes halogenated alkanes) is 36. The smallest absolute Gasteiger partial charge is 0.306 e. The summed E-state index contributed by atoms with van der Waals surface area (Å²) >= 11 is 0. The molecule has 6 heteroatoms. The van der Waals surface area contributed by atoms with Crippen LogP contribution in [0.5, 0.6) is 0 Å². The Morgan fingerprint density at radius 2 is 0.797 bits per heavy atom. The van der Waals surface area contributed by atoms with Gasteiger partial charge in [0, 0.05) is 6.42 Å². The first kappa shape index (κ1) is 62.3.